The van der Waals surface area contributed by atoms with Gasteiger partial charge in [0.15, 0.2) is 17.9 Å². The molecule has 0 amide bonds. The summed E-state index contributed by atoms with van der Waals surface area (Å²) in [6, 6.07) is 1.76. The second-order valence-electron chi connectivity index (χ2n) is 7.69. The molecule has 4 N–H and O–H groups in total. The molecule has 0 radical (unpaired) electrons. The van der Waals surface area contributed by atoms with Gasteiger partial charge >= 0.3 is 0 Å². The van der Waals surface area contributed by atoms with Gasteiger partial charge in [-0.15, -0.1) is 0 Å². The number of H-pyrrole nitrogens is 1. The molecule has 8 nitrogen and oxygen atoms in total. The Hall–Kier alpha value is -1.47. The zero-order valence-electron chi connectivity index (χ0n) is 18.2. The number of likely N-dealkylation sites (tertiary alicyclic amines) is 1. The molecular weight excluding hydrogens is 550 g/mol. The molecule has 1 fully saturated rings. The van der Waals surface area contributed by atoms with Gasteiger partial charge in [0.25, 0.3) is 0 Å². The van der Waals surface area contributed by atoms with Gasteiger partial charge in [-0.25, -0.2) is 14.4 Å². The lowest BCUT2D eigenvalue weighted by atomic mass is 9.98. The van der Waals surface area contributed by atoms with Crippen molar-refractivity contribution in [2.24, 2.45) is 16.6 Å². The fourth-order valence-electron chi connectivity index (χ4n) is 3.81. The minimum atomic E-state index is -0.351. The lowest BCUT2D eigenvalue weighted by Crippen LogP contribution is -2.43. The molecular formula is C21H29ClFIN6O2. The van der Waals surface area contributed by atoms with Gasteiger partial charge in [-0.1, -0.05) is 34.2 Å². The summed E-state index contributed by atoms with van der Waals surface area (Å²) in [5.74, 6) is 0.347. The van der Waals surface area contributed by atoms with Crippen molar-refractivity contribution in [3.05, 3.63) is 40.7 Å². The summed E-state index contributed by atoms with van der Waals surface area (Å²) < 4.78 is 25.5. The molecule has 0 saturated carbocycles. The third-order valence-corrected chi connectivity index (χ3v) is 6.35. The van der Waals surface area contributed by atoms with Gasteiger partial charge < -0.3 is 25.5 Å². The number of hydrogen-bond donors (Lipinski definition) is 3. The quantitative estimate of drug-likeness (QED) is 0.131. The van der Waals surface area contributed by atoms with E-state index in [9.17, 15) is 4.39 Å². The van der Waals surface area contributed by atoms with Gasteiger partial charge in [0.05, 0.1) is 9.45 Å². The smallest absolute Gasteiger partial charge is 0.169 e. The molecule has 0 spiro atoms. The lowest BCUT2D eigenvalue weighted by Gasteiger charge is -2.34. The van der Waals surface area contributed by atoms with E-state index in [2.05, 4.69) is 25.2 Å². The fourth-order valence-corrected chi connectivity index (χ4v) is 4.33. The van der Waals surface area contributed by atoms with Crippen LogP contribution in [0.25, 0.3) is 11.0 Å². The van der Waals surface area contributed by atoms with E-state index < -0.39 is 0 Å². The highest BCUT2D eigenvalue weighted by atomic mass is 127. The van der Waals surface area contributed by atoms with Gasteiger partial charge in [0.2, 0.25) is 0 Å². The number of piperidine rings is 1. The number of nitrogens with one attached hydrogen (secondary N) is 2. The Bertz CT molecular complexity index is 965. The number of halogens is 3. The first-order valence-electron chi connectivity index (χ1n) is 10.4. The van der Waals surface area contributed by atoms with Crippen LogP contribution >= 0.6 is 34.2 Å². The van der Waals surface area contributed by atoms with E-state index in [1.807, 2.05) is 22.6 Å². The van der Waals surface area contributed by atoms with E-state index in [1.165, 1.54) is 0 Å². The summed E-state index contributed by atoms with van der Waals surface area (Å²) in [5.41, 5.74) is 7.52. The number of aromatic nitrogens is 2. The summed E-state index contributed by atoms with van der Waals surface area (Å²) in [6.45, 7) is 3.17. The number of fused-ring (bicyclic) bond motifs is 1. The molecule has 2 aromatic rings. The number of rotatable bonds is 10. The molecule has 0 aromatic carbocycles. The van der Waals surface area contributed by atoms with Crippen LogP contribution in [0.4, 0.5) is 4.39 Å². The Kier molecular flexibility index (Phi) is 9.53. The van der Waals surface area contributed by atoms with E-state index >= 15 is 0 Å². The molecule has 3 rings (SSSR count). The zero-order valence-corrected chi connectivity index (χ0v) is 21.1. The number of aromatic amines is 1. The first-order valence-corrected chi connectivity index (χ1v) is 12.3. The number of aliphatic imine (C=N–C) groups is 1. The number of allylic oxidation sites excluding steroid dienone is 1. The first-order chi connectivity index (χ1) is 15.4. The molecule has 1 aliphatic heterocycles. The Morgan fingerprint density at radius 1 is 1.50 bits per heavy atom. The van der Waals surface area contributed by atoms with Crippen LogP contribution in [0.2, 0.25) is 5.02 Å². The first kappa shape index (κ1) is 25.2. The third kappa shape index (κ3) is 6.53. The number of methoxy groups -OCH3 is 2. The maximum absolute atomic E-state index is 14.6. The van der Waals surface area contributed by atoms with Crippen LogP contribution in [-0.4, -0.2) is 71.8 Å². The van der Waals surface area contributed by atoms with Crippen molar-refractivity contribution < 1.29 is 13.9 Å². The number of amidine groups is 1. The molecule has 1 aliphatic rings. The van der Waals surface area contributed by atoms with Crippen molar-refractivity contribution in [3.8, 4) is 0 Å². The molecule has 3 heterocycles. The maximum Gasteiger partial charge on any atom is 0.169 e. The van der Waals surface area contributed by atoms with Gasteiger partial charge in [-0.2, -0.15) is 0 Å². The average Bonchev–Trinajstić information content (AvgIpc) is 3.23. The predicted octanol–water partition coefficient (Wildman–Crippen LogP) is 3.42. The normalized spacial score (nSPS) is 18.9. The van der Waals surface area contributed by atoms with Crippen LogP contribution in [0.1, 0.15) is 18.4 Å². The number of nitrogens with two attached hydrogens (primary N) is 1. The summed E-state index contributed by atoms with van der Waals surface area (Å²) in [5, 5.41) is 4.41. The molecule has 11 heteroatoms. The Morgan fingerprint density at radius 3 is 3.00 bits per heavy atom. The van der Waals surface area contributed by atoms with E-state index in [-0.39, 0.29) is 28.2 Å². The Balaban J connectivity index is 1.70. The summed E-state index contributed by atoms with van der Waals surface area (Å²) >= 11 is 8.04. The molecule has 1 saturated heterocycles. The van der Waals surface area contributed by atoms with Crippen molar-refractivity contribution >= 4 is 51.1 Å². The van der Waals surface area contributed by atoms with Gasteiger partial charge in [-0.05, 0) is 31.4 Å². The molecule has 2 aromatic heterocycles. The molecule has 0 bridgehead atoms. The summed E-state index contributed by atoms with van der Waals surface area (Å²) in [7, 11) is 3.28. The van der Waals surface area contributed by atoms with Crippen molar-refractivity contribution in [3.63, 3.8) is 0 Å². The zero-order chi connectivity index (χ0) is 23.1. The van der Waals surface area contributed by atoms with E-state index in [0.717, 1.165) is 31.3 Å². The monoisotopic (exact) mass is 578 g/mol. The number of pyridine rings is 1. The largest absolute Gasteiger partial charge is 0.383 e. The molecule has 0 unspecified atom stereocenters. The fraction of sp³-hybridized carbons (Fsp3) is 0.524. The standard InChI is InChI=1S/C21H29ClFIN6O2/c1-31-18(32-2)12-30-5-3-4-13(11-30)8-26-21(17(23)7-24)29-19(25)16-10-28-20-15(16)6-14(22)9-27-20/h6,9-10,13,18,26H,3-5,7-8,11-12H2,1-2H3,(H2,25,29)(H,27,28)/b21-17+/t13-/m0/s1. The third-order valence-electron chi connectivity index (χ3n) is 5.47. The van der Waals surface area contributed by atoms with Crippen LogP contribution < -0.4 is 11.1 Å². The van der Waals surface area contributed by atoms with Crippen molar-refractivity contribution in [1.29, 1.82) is 0 Å². The van der Waals surface area contributed by atoms with Gasteiger partial charge in [0.1, 0.15) is 11.5 Å². The van der Waals surface area contributed by atoms with E-state index in [4.69, 9.17) is 26.8 Å². The lowest BCUT2D eigenvalue weighted by molar-refractivity contribution is -0.119. The van der Waals surface area contributed by atoms with E-state index in [0.29, 0.717) is 35.2 Å². The average molecular weight is 579 g/mol. The number of nitrogens with zero attached hydrogens (tertiary/aromatic N) is 3. The van der Waals surface area contributed by atoms with Crippen molar-refractivity contribution in [2.75, 3.05) is 44.8 Å². The number of hydrogen-bond acceptors (Lipinski definition) is 6. The second kappa shape index (κ2) is 12.1. The van der Waals surface area contributed by atoms with Crippen LogP contribution in [0.5, 0.6) is 0 Å². The van der Waals surface area contributed by atoms with Crippen LogP contribution in [-0.2, 0) is 9.47 Å². The van der Waals surface area contributed by atoms with Crippen LogP contribution in [0.3, 0.4) is 0 Å². The minimum absolute atomic E-state index is 0.157. The number of alkyl halides is 1. The highest BCUT2D eigenvalue weighted by Gasteiger charge is 2.23. The van der Waals surface area contributed by atoms with Gasteiger partial charge in [-0.3, -0.25) is 4.90 Å². The highest BCUT2D eigenvalue weighted by molar-refractivity contribution is 14.1. The Morgan fingerprint density at radius 2 is 2.28 bits per heavy atom. The molecule has 176 valence electrons. The van der Waals surface area contributed by atoms with Crippen LogP contribution in [0.15, 0.2) is 35.1 Å². The minimum Gasteiger partial charge on any atom is -0.383 e. The molecule has 32 heavy (non-hydrogen) atoms. The van der Waals surface area contributed by atoms with Crippen molar-refractivity contribution in [2.45, 2.75) is 19.1 Å². The van der Waals surface area contributed by atoms with Crippen molar-refractivity contribution in [1.82, 2.24) is 20.2 Å². The van der Waals surface area contributed by atoms with Gasteiger partial charge in [0, 0.05) is 57.2 Å². The molecule has 0 aliphatic carbocycles. The van der Waals surface area contributed by atoms with Crippen LogP contribution in [0, 0.1) is 5.92 Å². The summed E-state index contributed by atoms with van der Waals surface area (Å²) in [6.07, 6.45) is 5.12. The number of ether oxygens (including phenoxy) is 2. The summed E-state index contributed by atoms with van der Waals surface area (Å²) in [4.78, 5) is 14.0. The molecule has 1 atom stereocenters. The maximum atomic E-state index is 14.6. The van der Waals surface area contributed by atoms with E-state index in [1.54, 1.807) is 32.7 Å². The Labute approximate surface area is 205 Å². The second-order valence-corrected chi connectivity index (χ2v) is 8.89. The topological polar surface area (TPSA) is 101 Å². The highest BCUT2D eigenvalue weighted by Crippen LogP contribution is 2.22. The SMILES string of the molecule is COC(CN1CCC[C@@H](CNC(/N=C(\N)c2c[nH]c3ncc(Cl)cc23)=C(\F)CI)C1)OC. The predicted molar refractivity (Wildman–Crippen MR) is 134 cm³/mol.